The average Bonchev–Trinajstić information content (AvgIpc) is 3.76. The zero-order valence-corrected chi connectivity index (χ0v) is 27.6. The predicted molar refractivity (Wildman–Crippen MR) is 173 cm³/mol. The number of nitrogens with zero attached hydrogens (tertiary/aromatic N) is 1. The van der Waals surface area contributed by atoms with Crippen molar-refractivity contribution in [3.05, 3.63) is 35.4 Å². The molecular weight excluding hydrogens is 594 g/mol. The van der Waals surface area contributed by atoms with Gasteiger partial charge in [0.2, 0.25) is 17.6 Å². The summed E-state index contributed by atoms with van der Waals surface area (Å²) in [6.45, 7) is 4.64. The lowest BCUT2D eigenvalue weighted by Crippen LogP contribution is -2.64. The second-order valence-electron chi connectivity index (χ2n) is 17.1. The summed E-state index contributed by atoms with van der Waals surface area (Å²) in [6, 6.07) is 5.32. The van der Waals surface area contributed by atoms with E-state index in [0.717, 1.165) is 32.1 Å². The van der Waals surface area contributed by atoms with E-state index in [9.17, 15) is 24.0 Å². The summed E-state index contributed by atoms with van der Waals surface area (Å²) in [5.41, 5.74) is 7.40. The van der Waals surface area contributed by atoms with Gasteiger partial charge >= 0.3 is 6.03 Å². The van der Waals surface area contributed by atoms with Crippen molar-refractivity contribution in [2.75, 3.05) is 6.54 Å². The molecule has 4 bridgehead atoms. The minimum Gasteiger partial charge on any atom is -0.363 e. The molecule has 7 aliphatic carbocycles. The van der Waals surface area contributed by atoms with Gasteiger partial charge in [-0.3, -0.25) is 19.2 Å². The summed E-state index contributed by atoms with van der Waals surface area (Å²) < 4.78 is 0. The van der Waals surface area contributed by atoms with Gasteiger partial charge in [0.05, 0.1) is 6.04 Å². The van der Waals surface area contributed by atoms with Gasteiger partial charge in [0.1, 0.15) is 12.1 Å². The third-order valence-corrected chi connectivity index (χ3v) is 13.4. The molecule has 2 unspecified atom stereocenters. The summed E-state index contributed by atoms with van der Waals surface area (Å²) in [5.74, 6) is -0.290. The number of Topliss-reactive ketones (excluding diaryl/α,β-unsaturated/α-hetero) is 1. The number of fused-ring (bicyclic) bond motifs is 2. The van der Waals surface area contributed by atoms with E-state index in [-0.39, 0.29) is 46.6 Å². The normalized spacial score (nSPS) is 35.4. The molecule has 8 aliphatic rings. The largest absolute Gasteiger partial charge is 0.363 e. The van der Waals surface area contributed by atoms with E-state index in [0.29, 0.717) is 43.6 Å². The van der Waals surface area contributed by atoms with Gasteiger partial charge in [-0.25, -0.2) is 4.79 Å². The van der Waals surface area contributed by atoms with E-state index >= 15 is 0 Å². The van der Waals surface area contributed by atoms with Crippen molar-refractivity contribution >= 4 is 29.5 Å². The molecule has 10 nitrogen and oxygen atoms in total. The van der Waals surface area contributed by atoms with Gasteiger partial charge in [-0.05, 0) is 116 Å². The first kappa shape index (κ1) is 30.9. The highest BCUT2D eigenvalue weighted by Crippen LogP contribution is 2.65. The van der Waals surface area contributed by atoms with Gasteiger partial charge in [0.15, 0.2) is 0 Å². The number of rotatable bonds is 10. The second-order valence-corrected chi connectivity index (χ2v) is 17.1. The van der Waals surface area contributed by atoms with Crippen molar-refractivity contribution in [1.82, 2.24) is 20.9 Å². The maximum atomic E-state index is 14.8. The Balaban J connectivity index is 1.04. The zero-order valence-electron chi connectivity index (χ0n) is 27.6. The Bertz CT molecular complexity index is 1460. The zero-order chi connectivity index (χ0) is 32.8. The van der Waals surface area contributed by atoms with Gasteiger partial charge < -0.3 is 26.6 Å². The van der Waals surface area contributed by atoms with Crippen molar-refractivity contribution in [3.63, 3.8) is 0 Å². The molecule has 7 fully saturated rings. The van der Waals surface area contributed by atoms with Crippen LogP contribution in [0.4, 0.5) is 4.79 Å². The van der Waals surface area contributed by atoms with Crippen LogP contribution in [0.3, 0.4) is 0 Å². The Morgan fingerprint density at radius 3 is 2.06 bits per heavy atom. The van der Waals surface area contributed by atoms with Crippen molar-refractivity contribution in [2.24, 2.45) is 52.6 Å². The van der Waals surface area contributed by atoms with Gasteiger partial charge in [0, 0.05) is 12.1 Å². The lowest BCUT2D eigenvalue weighted by molar-refractivity contribution is -0.144. The highest BCUT2D eigenvalue weighted by atomic mass is 16.2. The molecular formula is C37H49N5O5. The Labute approximate surface area is 276 Å². The van der Waals surface area contributed by atoms with Crippen LogP contribution in [0.2, 0.25) is 0 Å². The molecule has 1 heterocycles. The molecule has 6 saturated carbocycles. The first-order chi connectivity index (χ1) is 22.4. The number of likely N-dealkylation sites (tertiary alicyclic amines) is 1. The summed E-state index contributed by atoms with van der Waals surface area (Å²) in [5, 5.41) is 9.43. The number of nitrogens with two attached hydrogens (primary N) is 1. The van der Waals surface area contributed by atoms with Crippen molar-refractivity contribution in [2.45, 2.75) is 108 Å². The molecule has 252 valence electrons. The number of amides is 5. The van der Waals surface area contributed by atoms with E-state index in [1.54, 1.807) is 4.90 Å². The fourth-order valence-corrected chi connectivity index (χ4v) is 11.2. The number of hydrogen-bond acceptors (Lipinski definition) is 5. The van der Waals surface area contributed by atoms with Crippen LogP contribution in [0.5, 0.6) is 0 Å². The SMILES string of the molecule is CC1(C)C2CN(C(=O)[C@@H](NC(=O)NC34CC5CC(CC(C5)C3)C4)C3Cc4ccccc4C3)[C@H](C(=O)NC(CC3CC3)C(=O)C(N)=O)[C@H]21. The summed E-state index contributed by atoms with van der Waals surface area (Å²) in [6.07, 6.45) is 10.5. The third-order valence-electron chi connectivity index (χ3n) is 13.4. The highest BCUT2D eigenvalue weighted by Gasteiger charge is 2.70. The molecule has 47 heavy (non-hydrogen) atoms. The van der Waals surface area contributed by atoms with Gasteiger partial charge in [-0.2, -0.15) is 0 Å². The highest BCUT2D eigenvalue weighted by molar-refractivity contribution is 6.37. The molecule has 0 spiro atoms. The molecule has 5 N–H and O–H groups in total. The first-order valence-electron chi connectivity index (χ1n) is 18.0. The minimum atomic E-state index is -1.06. The van der Waals surface area contributed by atoms with Gasteiger partial charge in [0.25, 0.3) is 5.91 Å². The fourth-order valence-electron chi connectivity index (χ4n) is 11.2. The van der Waals surface area contributed by atoms with Crippen molar-refractivity contribution < 1.29 is 24.0 Å². The first-order valence-corrected chi connectivity index (χ1v) is 18.0. The van der Waals surface area contributed by atoms with Gasteiger partial charge in [-0.1, -0.05) is 51.0 Å². The van der Waals surface area contributed by atoms with E-state index in [1.165, 1.54) is 30.4 Å². The molecule has 0 aromatic heterocycles. The molecule has 9 rings (SSSR count). The summed E-state index contributed by atoms with van der Waals surface area (Å²) >= 11 is 0. The number of primary amides is 1. The molecule has 1 aliphatic heterocycles. The number of urea groups is 1. The van der Waals surface area contributed by atoms with Crippen LogP contribution in [0.25, 0.3) is 0 Å². The molecule has 0 radical (unpaired) electrons. The second kappa shape index (κ2) is 11.1. The van der Waals surface area contributed by atoms with Crippen LogP contribution in [-0.2, 0) is 32.0 Å². The Morgan fingerprint density at radius 1 is 0.915 bits per heavy atom. The Kier molecular flexibility index (Phi) is 7.26. The van der Waals surface area contributed by atoms with Crippen LogP contribution in [0.15, 0.2) is 24.3 Å². The lowest BCUT2D eigenvalue weighted by atomic mass is 9.53. The topological polar surface area (TPSA) is 151 Å². The lowest BCUT2D eigenvalue weighted by Gasteiger charge is -2.56. The molecule has 10 heteroatoms. The third kappa shape index (κ3) is 5.53. The van der Waals surface area contributed by atoms with Gasteiger partial charge in [-0.15, -0.1) is 0 Å². The maximum Gasteiger partial charge on any atom is 0.315 e. The van der Waals surface area contributed by atoms with Crippen molar-refractivity contribution in [1.29, 1.82) is 0 Å². The van der Waals surface area contributed by atoms with E-state index in [1.807, 2.05) is 12.1 Å². The number of carbonyl (C=O) groups excluding carboxylic acids is 5. The molecule has 1 aromatic rings. The fraction of sp³-hybridized carbons (Fsp3) is 0.703. The van der Waals surface area contributed by atoms with E-state index in [4.69, 9.17) is 5.73 Å². The van der Waals surface area contributed by atoms with E-state index in [2.05, 4.69) is 41.9 Å². The minimum absolute atomic E-state index is 0.0704. The van der Waals surface area contributed by atoms with Crippen LogP contribution in [-0.4, -0.2) is 64.6 Å². The predicted octanol–water partition coefficient (Wildman–Crippen LogP) is 2.86. The number of nitrogens with one attached hydrogen (secondary N) is 3. The Morgan fingerprint density at radius 2 is 1.51 bits per heavy atom. The summed E-state index contributed by atoms with van der Waals surface area (Å²) in [7, 11) is 0. The smallest absolute Gasteiger partial charge is 0.315 e. The number of carbonyl (C=O) groups is 5. The number of benzene rings is 1. The van der Waals surface area contributed by atoms with Crippen molar-refractivity contribution in [3.8, 4) is 0 Å². The molecule has 1 saturated heterocycles. The number of ketones is 1. The number of piperidine rings is 1. The number of hydrogen-bond donors (Lipinski definition) is 4. The maximum absolute atomic E-state index is 14.8. The summed E-state index contributed by atoms with van der Waals surface area (Å²) in [4.78, 5) is 69.0. The van der Waals surface area contributed by atoms with Crippen LogP contribution in [0.1, 0.15) is 82.8 Å². The monoisotopic (exact) mass is 643 g/mol. The molecule has 1 aromatic carbocycles. The van der Waals surface area contributed by atoms with Crippen LogP contribution in [0, 0.1) is 46.8 Å². The Hall–Kier alpha value is -3.43. The quantitative estimate of drug-likeness (QED) is 0.289. The van der Waals surface area contributed by atoms with E-state index < -0.39 is 35.7 Å². The average molecular weight is 644 g/mol. The molecule has 5 amide bonds. The van der Waals surface area contributed by atoms with Crippen LogP contribution >= 0.6 is 0 Å². The molecule has 5 atom stereocenters. The standard InChI is InChI=1S/C37H49N5O5/c1-36(2)26-18-42(30(28(26)36)33(45)39-27(12-19-7-8-19)31(43)32(38)44)34(46)29(25-13-23-5-3-4-6-24(23)14-25)40-35(47)41-37-15-20-9-21(16-37)11-22(10-20)17-37/h3-6,19-22,25-30H,7-18H2,1-2H3,(H2,38,44)(H,39,45)(H2,40,41,47)/t20?,21?,22?,26?,27?,28-,29-,30-,37?/m0/s1. The van der Waals surface area contributed by atoms with Crippen LogP contribution < -0.4 is 21.7 Å².